The van der Waals surface area contributed by atoms with Crippen LogP contribution in [-0.4, -0.2) is 11.2 Å². The zero-order valence-corrected chi connectivity index (χ0v) is 8.46. The molecule has 11 heavy (non-hydrogen) atoms. The molecule has 0 saturated carbocycles. The highest BCUT2D eigenvalue weighted by Gasteiger charge is 2.18. The molecule has 0 amide bonds. The van der Waals surface area contributed by atoms with Gasteiger partial charge in [-0.2, -0.15) is 0 Å². The minimum atomic E-state index is -0.148. The monoisotopic (exact) mass is 158 g/mol. The first kappa shape index (κ1) is 11.0. The number of hydrogen-bond acceptors (Lipinski definition) is 1. The first-order valence-corrected chi connectivity index (χ1v) is 4.63. The van der Waals surface area contributed by atoms with E-state index in [1.54, 1.807) is 0 Å². The maximum Gasteiger partial charge on any atom is 0.0515 e. The highest BCUT2D eigenvalue weighted by atomic mass is 16.3. The third-order valence-electron chi connectivity index (χ3n) is 2.33. The van der Waals surface area contributed by atoms with Crippen LogP contribution < -0.4 is 0 Å². The van der Waals surface area contributed by atoms with E-state index in [2.05, 4.69) is 27.7 Å². The first-order valence-electron chi connectivity index (χ1n) is 4.63. The maximum atomic E-state index is 9.22. The topological polar surface area (TPSA) is 20.2 Å². The standard InChI is InChI=1S/C10H22O/c1-7(2)10(8(3)4)6-9(5)11/h7-11H,6H2,1-5H3. The zero-order chi connectivity index (χ0) is 9.02. The molecule has 0 aliphatic heterocycles. The Morgan fingerprint density at radius 3 is 1.36 bits per heavy atom. The molecular formula is C10H22O. The molecule has 0 rings (SSSR count). The van der Waals surface area contributed by atoms with Gasteiger partial charge in [0, 0.05) is 0 Å². The lowest BCUT2D eigenvalue weighted by molar-refractivity contribution is 0.125. The van der Waals surface area contributed by atoms with Crippen molar-refractivity contribution in [3.05, 3.63) is 0 Å². The molecule has 0 aromatic carbocycles. The minimum absolute atomic E-state index is 0.148. The largest absolute Gasteiger partial charge is 0.393 e. The van der Waals surface area contributed by atoms with E-state index >= 15 is 0 Å². The van der Waals surface area contributed by atoms with Gasteiger partial charge >= 0.3 is 0 Å². The van der Waals surface area contributed by atoms with Gasteiger partial charge < -0.3 is 5.11 Å². The summed E-state index contributed by atoms with van der Waals surface area (Å²) in [5.41, 5.74) is 0. The van der Waals surface area contributed by atoms with E-state index in [-0.39, 0.29) is 6.10 Å². The highest BCUT2D eigenvalue weighted by Crippen LogP contribution is 2.25. The van der Waals surface area contributed by atoms with E-state index in [4.69, 9.17) is 0 Å². The van der Waals surface area contributed by atoms with E-state index in [0.717, 1.165) is 6.42 Å². The SMILES string of the molecule is CC(O)CC(C(C)C)C(C)C. The van der Waals surface area contributed by atoms with Crippen LogP contribution in [0.25, 0.3) is 0 Å². The molecule has 1 N–H and O–H groups in total. The number of rotatable bonds is 4. The van der Waals surface area contributed by atoms with E-state index in [0.29, 0.717) is 17.8 Å². The molecule has 0 aromatic heterocycles. The molecule has 1 unspecified atom stereocenters. The molecule has 0 saturated heterocycles. The molecule has 0 aliphatic carbocycles. The summed E-state index contributed by atoms with van der Waals surface area (Å²) in [5.74, 6) is 2.03. The van der Waals surface area contributed by atoms with Crippen LogP contribution >= 0.6 is 0 Å². The Morgan fingerprint density at radius 1 is 0.909 bits per heavy atom. The third kappa shape index (κ3) is 4.41. The van der Waals surface area contributed by atoms with Crippen molar-refractivity contribution in [2.75, 3.05) is 0 Å². The lowest BCUT2D eigenvalue weighted by atomic mass is 9.82. The second-order valence-electron chi connectivity index (χ2n) is 4.24. The Bertz CT molecular complexity index is 87.0. The van der Waals surface area contributed by atoms with Crippen LogP contribution in [0, 0.1) is 17.8 Å². The third-order valence-corrected chi connectivity index (χ3v) is 2.33. The summed E-state index contributed by atoms with van der Waals surface area (Å²) in [6.45, 7) is 10.8. The number of aliphatic hydroxyl groups is 1. The Kier molecular flexibility index (Phi) is 4.74. The molecule has 1 heteroatoms. The quantitative estimate of drug-likeness (QED) is 0.667. The van der Waals surface area contributed by atoms with Crippen LogP contribution in [0.3, 0.4) is 0 Å². The first-order chi connectivity index (χ1) is 4.95. The smallest absolute Gasteiger partial charge is 0.0515 e. The molecule has 68 valence electrons. The molecule has 0 spiro atoms. The van der Waals surface area contributed by atoms with E-state index in [9.17, 15) is 5.11 Å². The molecule has 1 atom stereocenters. The fourth-order valence-corrected chi connectivity index (χ4v) is 1.71. The summed E-state index contributed by atoms with van der Waals surface area (Å²) in [5, 5.41) is 9.22. The highest BCUT2D eigenvalue weighted by molar-refractivity contribution is 4.68. The van der Waals surface area contributed by atoms with Crippen molar-refractivity contribution < 1.29 is 5.11 Å². The van der Waals surface area contributed by atoms with Gasteiger partial charge in [-0.15, -0.1) is 0 Å². The molecule has 0 radical (unpaired) electrons. The van der Waals surface area contributed by atoms with Crippen molar-refractivity contribution in [2.24, 2.45) is 17.8 Å². The fraction of sp³-hybridized carbons (Fsp3) is 1.00. The minimum Gasteiger partial charge on any atom is -0.393 e. The Labute approximate surface area is 70.8 Å². The molecular weight excluding hydrogens is 136 g/mol. The lowest BCUT2D eigenvalue weighted by Crippen LogP contribution is -2.20. The zero-order valence-electron chi connectivity index (χ0n) is 8.46. The average Bonchev–Trinajstić information content (AvgIpc) is 1.81. The van der Waals surface area contributed by atoms with E-state index < -0.39 is 0 Å². The van der Waals surface area contributed by atoms with Crippen LogP contribution in [0.1, 0.15) is 41.0 Å². The van der Waals surface area contributed by atoms with Crippen LogP contribution in [0.15, 0.2) is 0 Å². The van der Waals surface area contributed by atoms with Gasteiger partial charge in [0.15, 0.2) is 0 Å². The molecule has 0 heterocycles. The summed E-state index contributed by atoms with van der Waals surface area (Å²) in [6.07, 6.45) is 0.791. The van der Waals surface area contributed by atoms with Crippen molar-refractivity contribution in [1.29, 1.82) is 0 Å². The average molecular weight is 158 g/mol. The predicted octanol–water partition coefficient (Wildman–Crippen LogP) is 2.69. The van der Waals surface area contributed by atoms with Crippen molar-refractivity contribution in [2.45, 2.75) is 47.1 Å². The van der Waals surface area contributed by atoms with Gasteiger partial charge in [-0.05, 0) is 31.1 Å². The van der Waals surface area contributed by atoms with Gasteiger partial charge in [0.1, 0.15) is 0 Å². The Balaban J connectivity index is 3.90. The van der Waals surface area contributed by atoms with Crippen LogP contribution in [0.5, 0.6) is 0 Å². The van der Waals surface area contributed by atoms with Crippen LogP contribution in [-0.2, 0) is 0 Å². The van der Waals surface area contributed by atoms with Crippen molar-refractivity contribution in [3.8, 4) is 0 Å². The Hall–Kier alpha value is -0.0400. The van der Waals surface area contributed by atoms with Crippen LogP contribution in [0.2, 0.25) is 0 Å². The summed E-state index contributed by atoms with van der Waals surface area (Å²) in [4.78, 5) is 0. The maximum absolute atomic E-state index is 9.22. The van der Waals surface area contributed by atoms with Gasteiger partial charge in [-0.3, -0.25) is 0 Å². The molecule has 0 aromatic rings. The summed E-state index contributed by atoms with van der Waals surface area (Å²) in [7, 11) is 0. The summed E-state index contributed by atoms with van der Waals surface area (Å²) >= 11 is 0. The Morgan fingerprint density at radius 2 is 1.27 bits per heavy atom. The van der Waals surface area contributed by atoms with Crippen molar-refractivity contribution in [1.82, 2.24) is 0 Å². The van der Waals surface area contributed by atoms with E-state index in [1.807, 2.05) is 6.92 Å². The fourth-order valence-electron chi connectivity index (χ4n) is 1.71. The summed E-state index contributed by atoms with van der Waals surface area (Å²) in [6, 6.07) is 0. The van der Waals surface area contributed by atoms with Gasteiger partial charge in [-0.25, -0.2) is 0 Å². The second-order valence-corrected chi connectivity index (χ2v) is 4.24. The number of aliphatic hydroxyl groups excluding tert-OH is 1. The predicted molar refractivity (Wildman–Crippen MR) is 49.5 cm³/mol. The lowest BCUT2D eigenvalue weighted by Gasteiger charge is -2.25. The molecule has 1 nitrogen and oxygen atoms in total. The summed E-state index contributed by atoms with van der Waals surface area (Å²) < 4.78 is 0. The van der Waals surface area contributed by atoms with Gasteiger partial charge in [0.05, 0.1) is 6.10 Å². The number of hydrogen-bond donors (Lipinski definition) is 1. The van der Waals surface area contributed by atoms with Gasteiger partial charge in [-0.1, -0.05) is 27.7 Å². The van der Waals surface area contributed by atoms with Crippen molar-refractivity contribution >= 4 is 0 Å². The molecule has 0 aliphatic rings. The van der Waals surface area contributed by atoms with Crippen molar-refractivity contribution in [3.63, 3.8) is 0 Å². The normalized spacial score (nSPS) is 15.0. The molecule has 0 bridgehead atoms. The second kappa shape index (κ2) is 4.76. The van der Waals surface area contributed by atoms with Gasteiger partial charge in [0.2, 0.25) is 0 Å². The van der Waals surface area contributed by atoms with Gasteiger partial charge in [0.25, 0.3) is 0 Å². The van der Waals surface area contributed by atoms with E-state index in [1.165, 1.54) is 0 Å². The van der Waals surface area contributed by atoms with Crippen LogP contribution in [0.4, 0.5) is 0 Å². The molecule has 0 fully saturated rings.